The van der Waals surface area contributed by atoms with Gasteiger partial charge in [0.2, 0.25) is 0 Å². The molecule has 4 nitrogen and oxygen atoms in total. The van der Waals surface area contributed by atoms with Crippen molar-refractivity contribution >= 4 is 18.7 Å². The minimum atomic E-state index is 0.596. The summed E-state index contributed by atoms with van der Waals surface area (Å²) in [4.78, 5) is 4.15. The van der Waals surface area contributed by atoms with Gasteiger partial charge in [-0.2, -0.15) is 0 Å². The van der Waals surface area contributed by atoms with Crippen LogP contribution in [-0.2, 0) is 7.05 Å². The lowest BCUT2D eigenvalue weighted by atomic mass is 10.3. The SMILES string of the molecule is Cn1cnc2ccc(O[B]O)cc21. The van der Waals surface area contributed by atoms with Crippen molar-refractivity contribution in [3.63, 3.8) is 0 Å². The van der Waals surface area contributed by atoms with Crippen molar-refractivity contribution < 1.29 is 9.68 Å². The van der Waals surface area contributed by atoms with Crippen LogP contribution in [-0.4, -0.2) is 22.3 Å². The smallest absolute Gasteiger partial charge is 0.537 e. The fourth-order valence-electron chi connectivity index (χ4n) is 1.24. The van der Waals surface area contributed by atoms with E-state index in [1.54, 1.807) is 12.4 Å². The van der Waals surface area contributed by atoms with Crippen LogP contribution in [0.4, 0.5) is 0 Å². The second-order valence-electron chi connectivity index (χ2n) is 2.73. The van der Waals surface area contributed by atoms with Crippen LogP contribution < -0.4 is 4.65 Å². The van der Waals surface area contributed by atoms with Crippen LogP contribution in [0.15, 0.2) is 24.5 Å². The van der Waals surface area contributed by atoms with Gasteiger partial charge in [-0.05, 0) is 12.1 Å². The summed E-state index contributed by atoms with van der Waals surface area (Å²) in [5.74, 6) is 0.596. The first-order valence-corrected chi connectivity index (χ1v) is 3.85. The largest absolute Gasteiger partial charge is 0.569 e. The van der Waals surface area contributed by atoms with Gasteiger partial charge in [-0.15, -0.1) is 0 Å². The molecule has 0 saturated carbocycles. The summed E-state index contributed by atoms with van der Waals surface area (Å²) >= 11 is 0. The highest BCUT2D eigenvalue weighted by molar-refractivity contribution is 6.17. The Hall–Kier alpha value is -1.49. The first kappa shape index (κ1) is 8.13. The monoisotopic (exact) mass is 175 g/mol. The van der Waals surface area contributed by atoms with Crippen molar-refractivity contribution in [2.45, 2.75) is 0 Å². The molecule has 5 heteroatoms. The Morgan fingerprint density at radius 1 is 1.54 bits per heavy atom. The Balaban J connectivity index is 2.53. The molecular weight excluding hydrogens is 167 g/mol. The summed E-state index contributed by atoms with van der Waals surface area (Å²) in [7, 11) is 2.57. The summed E-state index contributed by atoms with van der Waals surface area (Å²) in [5, 5.41) is 8.44. The van der Waals surface area contributed by atoms with Crippen LogP contribution in [0.1, 0.15) is 0 Å². The molecule has 0 amide bonds. The molecule has 0 saturated heterocycles. The van der Waals surface area contributed by atoms with Gasteiger partial charge in [-0.1, -0.05) is 0 Å². The third-order valence-electron chi connectivity index (χ3n) is 1.89. The quantitative estimate of drug-likeness (QED) is 0.675. The van der Waals surface area contributed by atoms with Crippen LogP contribution in [0.3, 0.4) is 0 Å². The van der Waals surface area contributed by atoms with Gasteiger partial charge < -0.3 is 14.2 Å². The van der Waals surface area contributed by atoms with E-state index in [2.05, 4.69) is 4.98 Å². The molecule has 1 N–H and O–H groups in total. The standard InChI is InChI=1S/C8H8BN2O2/c1-11-5-10-7-3-2-6(13-9-12)4-8(7)11/h2-5,12H,1H3. The molecule has 1 heterocycles. The summed E-state index contributed by atoms with van der Waals surface area (Å²) < 4.78 is 6.72. The average molecular weight is 175 g/mol. The molecule has 1 aromatic carbocycles. The number of hydrogen-bond donors (Lipinski definition) is 1. The van der Waals surface area contributed by atoms with Crippen LogP contribution >= 0.6 is 0 Å². The van der Waals surface area contributed by atoms with Gasteiger partial charge in [-0.25, -0.2) is 4.98 Å². The summed E-state index contributed by atoms with van der Waals surface area (Å²) in [5.41, 5.74) is 1.88. The molecule has 65 valence electrons. The molecule has 1 radical (unpaired) electrons. The normalized spacial score (nSPS) is 10.3. The minimum Gasteiger partial charge on any atom is -0.537 e. The molecule has 13 heavy (non-hydrogen) atoms. The Morgan fingerprint density at radius 3 is 3.15 bits per heavy atom. The second kappa shape index (κ2) is 3.10. The zero-order valence-corrected chi connectivity index (χ0v) is 7.14. The van der Waals surface area contributed by atoms with E-state index < -0.39 is 0 Å². The Labute approximate surface area is 76.1 Å². The van der Waals surface area contributed by atoms with E-state index in [1.807, 2.05) is 23.7 Å². The molecule has 2 aromatic rings. The van der Waals surface area contributed by atoms with Crippen molar-refractivity contribution in [3.05, 3.63) is 24.5 Å². The lowest BCUT2D eigenvalue weighted by Crippen LogP contribution is -1.99. The van der Waals surface area contributed by atoms with E-state index >= 15 is 0 Å². The second-order valence-corrected chi connectivity index (χ2v) is 2.73. The maximum absolute atomic E-state index is 8.44. The molecule has 0 aliphatic rings. The fraction of sp³-hybridized carbons (Fsp3) is 0.125. The number of fused-ring (bicyclic) bond motifs is 1. The van der Waals surface area contributed by atoms with Crippen LogP contribution in [0.2, 0.25) is 0 Å². The number of aryl methyl sites for hydroxylation is 1. The lowest BCUT2D eigenvalue weighted by Gasteiger charge is -2.01. The lowest BCUT2D eigenvalue weighted by molar-refractivity contribution is 0.454. The third kappa shape index (κ3) is 1.38. The zero-order chi connectivity index (χ0) is 9.26. The van der Waals surface area contributed by atoms with Crippen LogP contribution in [0.5, 0.6) is 5.75 Å². The zero-order valence-electron chi connectivity index (χ0n) is 7.14. The van der Waals surface area contributed by atoms with E-state index in [-0.39, 0.29) is 0 Å². The molecule has 0 aliphatic carbocycles. The molecule has 0 unspecified atom stereocenters. The van der Waals surface area contributed by atoms with Gasteiger partial charge in [0, 0.05) is 13.1 Å². The van der Waals surface area contributed by atoms with E-state index in [4.69, 9.17) is 9.68 Å². The van der Waals surface area contributed by atoms with Crippen molar-refractivity contribution in [2.75, 3.05) is 0 Å². The fourth-order valence-corrected chi connectivity index (χ4v) is 1.24. The van der Waals surface area contributed by atoms with Gasteiger partial charge in [0.1, 0.15) is 5.75 Å². The van der Waals surface area contributed by atoms with Crippen molar-refractivity contribution in [3.8, 4) is 5.75 Å². The van der Waals surface area contributed by atoms with Crippen LogP contribution in [0.25, 0.3) is 11.0 Å². The highest BCUT2D eigenvalue weighted by Crippen LogP contribution is 2.18. The molecule has 0 atom stereocenters. The van der Waals surface area contributed by atoms with Crippen LogP contribution in [0, 0.1) is 0 Å². The highest BCUT2D eigenvalue weighted by Gasteiger charge is 2.01. The molecule has 0 bridgehead atoms. The summed E-state index contributed by atoms with van der Waals surface area (Å²) in [6, 6.07) is 5.41. The highest BCUT2D eigenvalue weighted by atomic mass is 16.5. The molecular formula is C8H8BN2O2. The van der Waals surface area contributed by atoms with Gasteiger partial charge in [0.25, 0.3) is 0 Å². The minimum absolute atomic E-state index is 0.596. The van der Waals surface area contributed by atoms with Gasteiger partial charge in [-0.3, -0.25) is 0 Å². The number of rotatable bonds is 2. The maximum atomic E-state index is 8.44. The number of imidazole rings is 1. The van der Waals surface area contributed by atoms with E-state index in [9.17, 15) is 0 Å². The van der Waals surface area contributed by atoms with Gasteiger partial charge in [0.15, 0.2) is 0 Å². The van der Waals surface area contributed by atoms with Crippen molar-refractivity contribution in [1.29, 1.82) is 0 Å². The molecule has 0 fully saturated rings. The molecule has 2 rings (SSSR count). The van der Waals surface area contributed by atoms with E-state index in [0.29, 0.717) is 13.4 Å². The molecule has 0 aliphatic heterocycles. The molecule has 1 aromatic heterocycles. The van der Waals surface area contributed by atoms with Crippen molar-refractivity contribution in [1.82, 2.24) is 9.55 Å². The third-order valence-corrected chi connectivity index (χ3v) is 1.89. The topological polar surface area (TPSA) is 47.3 Å². The first-order valence-electron chi connectivity index (χ1n) is 3.85. The Morgan fingerprint density at radius 2 is 2.38 bits per heavy atom. The molecule has 0 spiro atoms. The number of nitrogens with zero attached hydrogens (tertiary/aromatic N) is 2. The van der Waals surface area contributed by atoms with Crippen molar-refractivity contribution in [2.24, 2.45) is 7.05 Å². The summed E-state index contributed by atoms with van der Waals surface area (Å²) in [6.45, 7) is 0. The average Bonchev–Trinajstić information content (AvgIpc) is 2.49. The first-order chi connectivity index (χ1) is 6.31. The Kier molecular flexibility index (Phi) is 1.94. The number of aromatic nitrogens is 2. The van der Waals surface area contributed by atoms with Gasteiger partial charge in [0.05, 0.1) is 17.4 Å². The van der Waals surface area contributed by atoms with E-state index in [1.165, 1.54) is 0 Å². The van der Waals surface area contributed by atoms with Gasteiger partial charge >= 0.3 is 7.69 Å². The Bertz CT molecular complexity index is 427. The summed E-state index contributed by atoms with van der Waals surface area (Å²) in [6.07, 6.45) is 1.73. The number of hydrogen-bond acceptors (Lipinski definition) is 3. The maximum Gasteiger partial charge on any atom is 0.569 e. The predicted molar refractivity (Wildman–Crippen MR) is 49.3 cm³/mol. The predicted octanol–water partition coefficient (Wildman–Crippen LogP) is 0.479. The number of benzene rings is 1. The van der Waals surface area contributed by atoms with E-state index in [0.717, 1.165) is 11.0 Å².